The second kappa shape index (κ2) is 7.14. The van der Waals surface area contributed by atoms with E-state index < -0.39 is 5.60 Å². The SMILES string of the molecule is CC(C)(C)OC(=O)C1=C(C2CCCCC2S)NC(Cl)=CC=C1. The molecule has 2 rings (SSSR count). The minimum Gasteiger partial charge on any atom is -0.456 e. The number of thiol groups is 1. The standard InChI is InChI=1S/C17H24ClNO2S/c1-17(2,3)21-16(20)12-8-6-10-14(18)19-15(12)11-7-4-5-9-13(11)22/h6,8,10-11,13,19,22H,4-5,7,9H2,1-3H3. The van der Waals surface area contributed by atoms with Crippen molar-refractivity contribution >= 4 is 30.2 Å². The monoisotopic (exact) mass is 341 g/mol. The molecule has 122 valence electrons. The number of carbonyl (C=O) groups excluding carboxylic acids is 1. The van der Waals surface area contributed by atoms with Crippen molar-refractivity contribution in [1.29, 1.82) is 0 Å². The lowest BCUT2D eigenvalue weighted by Gasteiger charge is -2.32. The Kier molecular flexibility index (Phi) is 5.67. The fourth-order valence-electron chi connectivity index (χ4n) is 2.81. The summed E-state index contributed by atoms with van der Waals surface area (Å²) in [6, 6.07) is 0. The van der Waals surface area contributed by atoms with Crippen LogP contribution in [0.5, 0.6) is 0 Å². The first kappa shape index (κ1) is 17.5. The molecule has 1 fully saturated rings. The lowest BCUT2D eigenvalue weighted by atomic mass is 9.84. The van der Waals surface area contributed by atoms with Gasteiger partial charge in [0.2, 0.25) is 0 Å². The maximum absolute atomic E-state index is 12.6. The summed E-state index contributed by atoms with van der Waals surface area (Å²) in [5, 5.41) is 3.93. The third-order valence-corrected chi connectivity index (χ3v) is 4.61. The molecule has 3 nitrogen and oxygen atoms in total. The zero-order chi connectivity index (χ0) is 16.3. The summed E-state index contributed by atoms with van der Waals surface area (Å²) in [5.74, 6) is -0.137. The average molecular weight is 342 g/mol. The van der Waals surface area contributed by atoms with Crippen LogP contribution in [0.3, 0.4) is 0 Å². The van der Waals surface area contributed by atoms with Gasteiger partial charge in [0.1, 0.15) is 10.8 Å². The molecular formula is C17H24ClNO2S. The van der Waals surface area contributed by atoms with Crippen molar-refractivity contribution in [2.75, 3.05) is 0 Å². The molecule has 0 saturated heterocycles. The molecule has 5 heteroatoms. The van der Waals surface area contributed by atoms with Gasteiger partial charge >= 0.3 is 5.97 Å². The van der Waals surface area contributed by atoms with E-state index in [4.69, 9.17) is 29.0 Å². The highest BCUT2D eigenvalue weighted by atomic mass is 35.5. The first-order chi connectivity index (χ1) is 10.3. The van der Waals surface area contributed by atoms with Crippen LogP contribution in [0.4, 0.5) is 0 Å². The number of hydrogen-bond donors (Lipinski definition) is 2. The summed E-state index contributed by atoms with van der Waals surface area (Å²) in [4.78, 5) is 12.6. The van der Waals surface area contributed by atoms with Gasteiger partial charge in [0.15, 0.2) is 0 Å². The van der Waals surface area contributed by atoms with Gasteiger partial charge < -0.3 is 10.1 Å². The van der Waals surface area contributed by atoms with Gasteiger partial charge in [-0.25, -0.2) is 4.79 Å². The average Bonchev–Trinajstić information content (AvgIpc) is 2.59. The van der Waals surface area contributed by atoms with Gasteiger partial charge in [-0.05, 0) is 45.8 Å². The molecule has 0 amide bonds. The van der Waals surface area contributed by atoms with Crippen LogP contribution in [0.1, 0.15) is 46.5 Å². The Labute approximate surface area is 143 Å². The number of carbonyl (C=O) groups is 1. The fourth-order valence-corrected chi connectivity index (χ4v) is 3.46. The lowest BCUT2D eigenvalue weighted by Crippen LogP contribution is -2.32. The van der Waals surface area contributed by atoms with Gasteiger partial charge in [-0.3, -0.25) is 0 Å². The number of allylic oxidation sites excluding steroid dienone is 3. The van der Waals surface area contributed by atoms with Crippen LogP contribution in [0.2, 0.25) is 0 Å². The summed E-state index contributed by atoms with van der Waals surface area (Å²) in [6.07, 6.45) is 9.67. The van der Waals surface area contributed by atoms with E-state index >= 15 is 0 Å². The molecule has 0 radical (unpaired) electrons. The highest BCUT2D eigenvalue weighted by Crippen LogP contribution is 2.35. The third-order valence-electron chi connectivity index (χ3n) is 3.77. The molecule has 0 aromatic heterocycles. The van der Waals surface area contributed by atoms with E-state index in [2.05, 4.69) is 5.32 Å². The van der Waals surface area contributed by atoms with Crippen LogP contribution >= 0.6 is 24.2 Å². The first-order valence-electron chi connectivity index (χ1n) is 7.74. The van der Waals surface area contributed by atoms with Crippen LogP contribution in [0.25, 0.3) is 0 Å². The molecule has 2 unspecified atom stereocenters. The number of hydrogen-bond acceptors (Lipinski definition) is 4. The van der Waals surface area contributed by atoms with Crippen LogP contribution < -0.4 is 5.32 Å². The van der Waals surface area contributed by atoms with E-state index in [-0.39, 0.29) is 17.1 Å². The number of esters is 1. The minimum absolute atomic E-state index is 0.185. The Bertz CT molecular complexity index is 531. The molecule has 0 aromatic carbocycles. The highest BCUT2D eigenvalue weighted by molar-refractivity contribution is 7.81. The molecule has 0 bridgehead atoms. The van der Waals surface area contributed by atoms with Crippen LogP contribution in [0.15, 0.2) is 34.7 Å². The van der Waals surface area contributed by atoms with Crippen molar-refractivity contribution in [1.82, 2.24) is 5.32 Å². The van der Waals surface area contributed by atoms with Gasteiger partial charge in [0, 0.05) is 16.9 Å². The van der Waals surface area contributed by atoms with E-state index in [0.717, 1.165) is 25.0 Å². The van der Waals surface area contributed by atoms with E-state index in [0.29, 0.717) is 10.7 Å². The molecular weight excluding hydrogens is 318 g/mol. The number of ether oxygens (including phenoxy) is 1. The smallest absolute Gasteiger partial charge is 0.340 e. The quantitative estimate of drug-likeness (QED) is 0.446. The Balaban J connectivity index is 2.37. The molecule has 2 aliphatic rings. The normalized spacial score (nSPS) is 26.1. The fraction of sp³-hybridized carbons (Fsp3) is 0.588. The van der Waals surface area contributed by atoms with Gasteiger partial charge in [-0.1, -0.05) is 30.5 Å². The van der Waals surface area contributed by atoms with Gasteiger partial charge in [-0.2, -0.15) is 12.6 Å². The molecule has 22 heavy (non-hydrogen) atoms. The highest BCUT2D eigenvalue weighted by Gasteiger charge is 2.31. The van der Waals surface area contributed by atoms with E-state index in [1.807, 2.05) is 20.8 Å². The van der Waals surface area contributed by atoms with Crippen molar-refractivity contribution in [2.24, 2.45) is 5.92 Å². The third kappa shape index (κ3) is 4.56. The molecule has 1 N–H and O–H groups in total. The van der Waals surface area contributed by atoms with Crippen molar-refractivity contribution in [3.63, 3.8) is 0 Å². The van der Waals surface area contributed by atoms with Gasteiger partial charge in [0.05, 0.1) is 5.57 Å². The zero-order valence-corrected chi connectivity index (χ0v) is 15.0. The molecule has 1 heterocycles. The van der Waals surface area contributed by atoms with Gasteiger partial charge in [0.25, 0.3) is 0 Å². The summed E-state index contributed by atoms with van der Waals surface area (Å²) in [5.41, 5.74) is 0.858. The molecule has 2 atom stereocenters. The second-order valence-electron chi connectivity index (χ2n) is 6.79. The van der Waals surface area contributed by atoms with E-state index in [1.165, 1.54) is 6.42 Å². The lowest BCUT2D eigenvalue weighted by molar-refractivity contribution is -0.149. The van der Waals surface area contributed by atoms with Crippen LogP contribution in [-0.4, -0.2) is 16.8 Å². The first-order valence-corrected chi connectivity index (χ1v) is 8.64. The minimum atomic E-state index is -0.528. The van der Waals surface area contributed by atoms with Crippen molar-refractivity contribution in [3.8, 4) is 0 Å². The Morgan fingerprint density at radius 2 is 2.05 bits per heavy atom. The molecule has 1 saturated carbocycles. The van der Waals surface area contributed by atoms with Crippen molar-refractivity contribution in [2.45, 2.75) is 57.3 Å². The largest absolute Gasteiger partial charge is 0.456 e. The predicted octanol–water partition coefficient (Wildman–Crippen LogP) is 4.31. The van der Waals surface area contributed by atoms with Crippen LogP contribution in [-0.2, 0) is 9.53 Å². The molecule has 1 aliphatic carbocycles. The molecule has 0 spiro atoms. The zero-order valence-electron chi connectivity index (χ0n) is 13.4. The topological polar surface area (TPSA) is 38.3 Å². The van der Waals surface area contributed by atoms with Crippen LogP contribution in [0, 0.1) is 5.92 Å². The van der Waals surface area contributed by atoms with Gasteiger partial charge in [-0.15, -0.1) is 0 Å². The molecule has 1 aliphatic heterocycles. The van der Waals surface area contributed by atoms with E-state index in [9.17, 15) is 4.79 Å². The second-order valence-corrected chi connectivity index (χ2v) is 7.86. The predicted molar refractivity (Wildman–Crippen MR) is 93.8 cm³/mol. The van der Waals surface area contributed by atoms with E-state index in [1.54, 1.807) is 18.2 Å². The Morgan fingerprint density at radius 3 is 2.68 bits per heavy atom. The number of nitrogens with one attached hydrogen (secondary N) is 1. The summed E-state index contributed by atoms with van der Waals surface area (Å²) in [7, 11) is 0. The maximum Gasteiger partial charge on any atom is 0.340 e. The molecule has 0 aromatic rings. The summed E-state index contributed by atoms with van der Waals surface area (Å²) < 4.78 is 5.55. The maximum atomic E-state index is 12.6. The summed E-state index contributed by atoms with van der Waals surface area (Å²) in [6.45, 7) is 5.60. The number of rotatable bonds is 2. The Morgan fingerprint density at radius 1 is 1.36 bits per heavy atom. The van der Waals surface area contributed by atoms with Crippen molar-refractivity contribution < 1.29 is 9.53 Å². The Hall–Kier alpha value is -0.870. The van der Waals surface area contributed by atoms with Crippen molar-refractivity contribution in [3.05, 3.63) is 34.7 Å². The summed E-state index contributed by atoms with van der Waals surface area (Å²) >= 11 is 10.9. The number of halogens is 1.